The van der Waals surface area contributed by atoms with Crippen molar-refractivity contribution in [2.24, 2.45) is 5.84 Å². The van der Waals surface area contributed by atoms with Crippen LogP contribution in [0.3, 0.4) is 0 Å². The van der Waals surface area contributed by atoms with Crippen molar-refractivity contribution >= 4 is 11.6 Å². The molecule has 6 nitrogen and oxygen atoms in total. The number of nitrogen functional groups attached to an aromatic ring is 1. The first kappa shape index (κ1) is 15.0. The molecule has 1 fully saturated rings. The first-order valence-corrected chi connectivity index (χ1v) is 7.29. The highest BCUT2D eigenvalue weighted by atomic mass is 16.5. The molecule has 1 saturated heterocycles. The average Bonchev–Trinajstić information content (AvgIpc) is 2.39. The largest absolute Gasteiger partial charge is 0.372 e. The second kappa shape index (κ2) is 6.37. The summed E-state index contributed by atoms with van der Waals surface area (Å²) < 4.78 is 5.79. The fraction of sp³-hybridized carbons (Fsp3) is 0.714. The molecule has 0 aliphatic carbocycles. The monoisotopic (exact) mass is 279 g/mol. The van der Waals surface area contributed by atoms with Crippen LogP contribution in [0.5, 0.6) is 0 Å². The number of ether oxygens (including phenoxy) is 1. The van der Waals surface area contributed by atoms with E-state index in [0.29, 0.717) is 5.82 Å². The molecule has 0 spiro atoms. The smallest absolute Gasteiger partial charge is 0.148 e. The number of anilines is 2. The van der Waals surface area contributed by atoms with E-state index < -0.39 is 0 Å². The van der Waals surface area contributed by atoms with Crippen molar-refractivity contribution in [2.75, 3.05) is 23.4 Å². The lowest BCUT2D eigenvalue weighted by Crippen LogP contribution is -2.46. The molecule has 1 aromatic heterocycles. The van der Waals surface area contributed by atoms with Gasteiger partial charge in [-0.05, 0) is 27.2 Å². The third-order valence-corrected chi connectivity index (χ3v) is 3.50. The van der Waals surface area contributed by atoms with Gasteiger partial charge in [-0.3, -0.25) is 0 Å². The Kier molecular flexibility index (Phi) is 4.77. The molecule has 6 heteroatoms. The Balaban J connectivity index is 2.35. The summed E-state index contributed by atoms with van der Waals surface area (Å²) in [5.41, 5.74) is 3.68. The summed E-state index contributed by atoms with van der Waals surface area (Å²) in [6, 6.07) is 0. The Hall–Kier alpha value is -1.40. The highest BCUT2D eigenvalue weighted by Gasteiger charge is 2.25. The summed E-state index contributed by atoms with van der Waals surface area (Å²) in [5.74, 6) is 8.11. The topological polar surface area (TPSA) is 76.3 Å². The SMILES string of the molecule is CCCc1nc(NN)c(C)c(N2CC(C)OC(C)C2)n1. The van der Waals surface area contributed by atoms with Gasteiger partial charge in [-0.25, -0.2) is 15.8 Å². The lowest BCUT2D eigenvalue weighted by molar-refractivity contribution is -0.00550. The third-order valence-electron chi connectivity index (χ3n) is 3.50. The van der Waals surface area contributed by atoms with Crippen molar-refractivity contribution < 1.29 is 4.74 Å². The first-order valence-electron chi connectivity index (χ1n) is 7.29. The fourth-order valence-corrected chi connectivity index (χ4v) is 2.68. The molecular weight excluding hydrogens is 254 g/mol. The van der Waals surface area contributed by atoms with Gasteiger partial charge < -0.3 is 15.1 Å². The molecule has 1 aliphatic heterocycles. The lowest BCUT2D eigenvalue weighted by Gasteiger charge is -2.37. The third kappa shape index (κ3) is 3.19. The van der Waals surface area contributed by atoms with Crippen LogP contribution in [0.4, 0.5) is 11.6 Å². The highest BCUT2D eigenvalue weighted by molar-refractivity contribution is 5.58. The van der Waals surface area contributed by atoms with Crippen molar-refractivity contribution in [1.29, 1.82) is 0 Å². The van der Waals surface area contributed by atoms with E-state index in [1.54, 1.807) is 0 Å². The maximum absolute atomic E-state index is 5.79. The predicted molar refractivity (Wildman–Crippen MR) is 80.8 cm³/mol. The zero-order valence-corrected chi connectivity index (χ0v) is 12.8. The van der Waals surface area contributed by atoms with Crippen molar-refractivity contribution in [3.05, 3.63) is 11.4 Å². The molecule has 0 amide bonds. The average molecular weight is 279 g/mol. The van der Waals surface area contributed by atoms with E-state index in [1.807, 2.05) is 6.92 Å². The molecule has 112 valence electrons. The molecule has 20 heavy (non-hydrogen) atoms. The summed E-state index contributed by atoms with van der Waals surface area (Å²) in [5, 5.41) is 0. The van der Waals surface area contributed by atoms with Gasteiger partial charge in [-0.2, -0.15) is 0 Å². The minimum Gasteiger partial charge on any atom is -0.372 e. The van der Waals surface area contributed by atoms with E-state index >= 15 is 0 Å². The summed E-state index contributed by atoms with van der Waals surface area (Å²) in [4.78, 5) is 11.5. The molecule has 0 bridgehead atoms. The van der Waals surface area contributed by atoms with Crippen molar-refractivity contribution in [3.8, 4) is 0 Å². The number of nitrogens with two attached hydrogens (primary N) is 1. The van der Waals surface area contributed by atoms with Crippen molar-refractivity contribution in [2.45, 2.75) is 52.7 Å². The van der Waals surface area contributed by atoms with Gasteiger partial charge >= 0.3 is 0 Å². The summed E-state index contributed by atoms with van der Waals surface area (Å²) in [6.07, 6.45) is 2.29. The minimum absolute atomic E-state index is 0.206. The molecular formula is C14H25N5O. The second-order valence-electron chi connectivity index (χ2n) is 5.49. The van der Waals surface area contributed by atoms with Crippen LogP contribution < -0.4 is 16.2 Å². The van der Waals surface area contributed by atoms with E-state index in [-0.39, 0.29) is 12.2 Å². The second-order valence-corrected chi connectivity index (χ2v) is 5.49. The van der Waals surface area contributed by atoms with Gasteiger partial charge in [0, 0.05) is 25.1 Å². The molecule has 0 radical (unpaired) electrons. The van der Waals surface area contributed by atoms with E-state index in [2.05, 4.69) is 36.1 Å². The predicted octanol–water partition coefficient (Wildman–Crippen LogP) is 1.64. The maximum atomic E-state index is 5.79. The number of nitrogens with zero attached hydrogens (tertiary/aromatic N) is 3. The van der Waals surface area contributed by atoms with Crippen LogP contribution in [-0.2, 0) is 11.2 Å². The quantitative estimate of drug-likeness (QED) is 0.644. The standard InChI is InChI=1S/C14H25N5O/c1-5-6-12-16-13(18-15)11(4)14(17-12)19-7-9(2)20-10(3)8-19/h9-10H,5-8,15H2,1-4H3,(H,16,17,18). The van der Waals surface area contributed by atoms with Gasteiger partial charge in [0.2, 0.25) is 0 Å². The number of rotatable bonds is 4. The first-order chi connectivity index (χ1) is 9.55. The number of morpholine rings is 1. The number of nitrogens with one attached hydrogen (secondary N) is 1. The van der Waals surface area contributed by atoms with Crippen LogP contribution in [0.1, 0.15) is 38.6 Å². The van der Waals surface area contributed by atoms with E-state index in [4.69, 9.17) is 15.6 Å². The Morgan fingerprint density at radius 2 is 1.95 bits per heavy atom. The molecule has 3 N–H and O–H groups in total. The Morgan fingerprint density at radius 3 is 2.50 bits per heavy atom. The van der Waals surface area contributed by atoms with Gasteiger partial charge in [0.25, 0.3) is 0 Å². The van der Waals surface area contributed by atoms with E-state index in [9.17, 15) is 0 Å². The zero-order valence-electron chi connectivity index (χ0n) is 12.8. The molecule has 1 aliphatic rings. The Morgan fingerprint density at radius 1 is 1.30 bits per heavy atom. The van der Waals surface area contributed by atoms with Crippen LogP contribution in [0.15, 0.2) is 0 Å². The molecule has 0 aromatic carbocycles. The number of hydrazine groups is 1. The van der Waals surface area contributed by atoms with Gasteiger partial charge in [0.05, 0.1) is 12.2 Å². The number of aromatic nitrogens is 2. The van der Waals surface area contributed by atoms with E-state index in [0.717, 1.165) is 43.1 Å². The van der Waals surface area contributed by atoms with Gasteiger partial charge in [0.15, 0.2) is 0 Å². The minimum atomic E-state index is 0.206. The van der Waals surface area contributed by atoms with Crippen LogP contribution in [-0.4, -0.2) is 35.3 Å². The highest BCUT2D eigenvalue weighted by Crippen LogP contribution is 2.26. The molecule has 2 heterocycles. The van der Waals surface area contributed by atoms with Crippen LogP contribution in [0, 0.1) is 6.92 Å². The molecule has 2 atom stereocenters. The van der Waals surface area contributed by atoms with Crippen molar-refractivity contribution in [3.63, 3.8) is 0 Å². The Labute approximate surface area is 120 Å². The van der Waals surface area contributed by atoms with Crippen LogP contribution in [0.25, 0.3) is 0 Å². The molecule has 1 aromatic rings. The summed E-state index contributed by atoms with van der Waals surface area (Å²) >= 11 is 0. The summed E-state index contributed by atoms with van der Waals surface area (Å²) in [6.45, 7) is 10.0. The maximum Gasteiger partial charge on any atom is 0.148 e. The Bertz CT molecular complexity index is 455. The number of aryl methyl sites for hydroxylation is 1. The van der Waals surface area contributed by atoms with Crippen LogP contribution in [0.2, 0.25) is 0 Å². The van der Waals surface area contributed by atoms with E-state index in [1.165, 1.54) is 0 Å². The van der Waals surface area contributed by atoms with Crippen LogP contribution >= 0.6 is 0 Å². The normalized spacial score (nSPS) is 22.9. The molecule has 0 saturated carbocycles. The van der Waals surface area contributed by atoms with Gasteiger partial charge in [-0.15, -0.1) is 0 Å². The number of hydrogen-bond acceptors (Lipinski definition) is 6. The summed E-state index contributed by atoms with van der Waals surface area (Å²) in [7, 11) is 0. The molecule has 2 unspecified atom stereocenters. The molecule has 2 rings (SSSR count). The fourth-order valence-electron chi connectivity index (χ4n) is 2.68. The van der Waals surface area contributed by atoms with Gasteiger partial charge in [0.1, 0.15) is 17.5 Å². The van der Waals surface area contributed by atoms with Gasteiger partial charge in [-0.1, -0.05) is 6.92 Å². The van der Waals surface area contributed by atoms with Crippen molar-refractivity contribution in [1.82, 2.24) is 9.97 Å². The zero-order chi connectivity index (χ0) is 14.7. The number of hydrogen-bond donors (Lipinski definition) is 2. The lowest BCUT2D eigenvalue weighted by atomic mass is 10.2.